The van der Waals surface area contributed by atoms with E-state index in [1.54, 1.807) is 13.0 Å². The minimum absolute atomic E-state index is 0.0493. The summed E-state index contributed by atoms with van der Waals surface area (Å²) in [6.07, 6.45) is 0. The molecule has 0 amide bonds. The molecule has 16 heavy (non-hydrogen) atoms. The van der Waals surface area contributed by atoms with Crippen LogP contribution in [0.2, 0.25) is 0 Å². The molecule has 0 aliphatic rings. The smallest absolute Gasteiger partial charge is 0.299 e. The van der Waals surface area contributed by atoms with Gasteiger partial charge in [0.1, 0.15) is 0 Å². The van der Waals surface area contributed by atoms with E-state index in [0.717, 1.165) is 11.1 Å². The largest absolute Gasteiger partial charge is 0.369 e. The first-order valence-corrected chi connectivity index (χ1v) is 5.99. The molecule has 0 saturated heterocycles. The predicted molar refractivity (Wildman–Crippen MR) is 57.8 cm³/mol. The molecule has 0 aliphatic carbocycles. The average molecular weight is 244 g/mol. The van der Waals surface area contributed by atoms with E-state index in [1.807, 2.05) is 6.92 Å². The van der Waals surface area contributed by atoms with Crippen molar-refractivity contribution in [1.29, 1.82) is 0 Å². The third-order valence-corrected chi connectivity index (χ3v) is 3.08. The summed E-state index contributed by atoms with van der Waals surface area (Å²) in [5, 5.41) is 9.08. The molecule has 0 aromatic heterocycles. The average Bonchev–Trinajstić information content (AvgIpc) is 2.18. The van der Waals surface area contributed by atoms with Gasteiger partial charge in [-0.1, -0.05) is 12.1 Å². The Morgan fingerprint density at radius 1 is 1.25 bits per heavy atom. The summed E-state index contributed by atoms with van der Waals surface area (Å²) in [5.41, 5.74) is -0.630. The number of aliphatic hydroxyl groups excluding tert-OH is 1. The molecule has 0 bridgehead atoms. The molecule has 5 nitrogen and oxygen atoms in total. The van der Waals surface area contributed by atoms with Crippen molar-refractivity contribution in [3.63, 3.8) is 0 Å². The van der Waals surface area contributed by atoms with E-state index in [9.17, 15) is 13.2 Å². The molecular formula is C10H12O5S. The summed E-state index contributed by atoms with van der Waals surface area (Å²) in [5.74, 6) is -1.04. The Balaban J connectivity index is 3.11. The highest BCUT2D eigenvalue weighted by molar-refractivity contribution is 7.87. The lowest BCUT2D eigenvalue weighted by Gasteiger charge is -2.07. The third-order valence-electron chi connectivity index (χ3n) is 2.30. The first kappa shape index (κ1) is 12.8. The lowest BCUT2D eigenvalue weighted by atomic mass is 10.0. The van der Waals surface area contributed by atoms with E-state index in [4.69, 9.17) is 9.66 Å². The van der Waals surface area contributed by atoms with Gasteiger partial charge >= 0.3 is 0 Å². The zero-order chi connectivity index (χ0) is 12.5. The summed E-state index contributed by atoms with van der Waals surface area (Å²) < 4.78 is 29.7. The van der Waals surface area contributed by atoms with Crippen LogP contribution in [0.5, 0.6) is 0 Å². The summed E-state index contributed by atoms with van der Waals surface area (Å²) in [6, 6.07) is 4.50. The molecule has 1 atom stereocenters. The summed E-state index contributed by atoms with van der Waals surface area (Å²) >= 11 is 0. The van der Waals surface area contributed by atoms with Gasteiger partial charge in [0.25, 0.3) is 10.1 Å². The first-order valence-electron chi connectivity index (χ1n) is 4.49. The lowest BCUT2D eigenvalue weighted by Crippen LogP contribution is -2.29. The van der Waals surface area contributed by atoms with Crippen molar-refractivity contribution < 1.29 is 22.9 Å². The number of benzene rings is 1. The van der Waals surface area contributed by atoms with Gasteiger partial charge in [-0.05, 0) is 31.0 Å². The molecule has 1 aromatic carbocycles. The van der Waals surface area contributed by atoms with Gasteiger partial charge < -0.3 is 5.11 Å². The number of ketones is 1. The number of carbonyl (C=O) groups excluding carboxylic acids is 1. The molecule has 1 rings (SSSR count). The highest BCUT2D eigenvalue weighted by Gasteiger charge is 2.29. The van der Waals surface area contributed by atoms with Gasteiger partial charge in [-0.15, -0.1) is 0 Å². The first-order chi connectivity index (χ1) is 7.23. The fraction of sp³-hybridized carbons (Fsp3) is 0.300. The van der Waals surface area contributed by atoms with Crippen LogP contribution in [-0.2, 0) is 10.1 Å². The van der Waals surface area contributed by atoms with Crippen LogP contribution in [0.25, 0.3) is 0 Å². The Morgan fingerprint density at radius 3 is 2.25 bits per heavy atom. The molecule has 0 radical (unpaired) electrons. The number of carbonyl (C=O) groups is 1. The van der Waals surface area contributed by atoms with E-state index < -0.39 is 21.3 Å². The topological polar surface area (TPSA) is 91.7 Å². The molecule has 0 aliphatic heterocycles. The van der Waals surface area contributed by atoms with E-state index in [2.05, 4.69) is 0 Å². The van der Waals surface area contributed by atoms with Crippen LogP contribution < -0.4 is 0 Å². The Bertz CT molecular complexity index is 518. The van der Waals surface area contributed by atoms with Crippen molar-refractivity contribution >= 4 is 15.9 Å². The maximum atomic E-state index is 11.5. The summed E-state index contributed by atoms with van der Waals surface area (Å²) in [7, 11) is -4.77. The van der Waals surface area contributed by atoms with Gasteiger partial charge in [0.15, 0.2) is 0 Å². The van der Waals surface area contributed by atoms with Crippen molar-refractivity contribution in [3.05, 3.63) is 34.9 Å². The highest BCUT2D eigenvalue weighted by Crippen LogP contribution is 2.13. The molecule has 0 heterocycles. The quantitative estimate of drug-likeness (QED) is 0.603. The van der Waals surface area contributed by atoms with Gasteiger partial charge in [-0.2, -0.15) is 8.42 Å². The van der Waals surface area contributed by atoms with Gasteiger partial charge in [0, 0.05) is 5.56 Å². The number of Topliss-reactive ketones (excluding diaryl/α,β-unsaturated/α-hetero) is 1. The van der Waals surface area contributed by atoms with Crippen LogP contribution in [0.1, 0.15) is 21.5 Å². The standard InChI is InChI=1S/C10H12O5S/c1-6-3-4-8(5-7(6)2)9(11)10(12)16(13,14)15/h3-5,10,12H,1-2H3,(H,13,14,15). The van der Waals surface area contributed by atoms with Gasteiger partial charge in [-0.25, -0.2) is 0 Å². The van der Waals surface area contributed by atoms with Gasteiger partial charge in [0.05, 0.1) is 0 Å². The third kappa shape index (κ3) is 2.66. The number of hydrogen-bond acceptors (Lipinski definition) is 4. The van der Waals surface area contributed by atoms with Crippen LogP contribution in [-0.4, -0.2) is 29.3 Å². The molecular weight excluding hydrogens is 232 g/mol. The second-order valence-corrected chi connectivity index (χ2v) is 5.01. The maximum Gasteiger partial charge on any atom is 0.299 e. The van der Waals surface area contributed by atoms with Crippen LogP contribution in [0.3, 0.4) is 0 Å². The molecule has 1 aromatic rings. The van der Waals surface area contributed by atoms with Gasteiger partial charge in [0.2, 0.25) is 11.2 Å². The zero-order valence-electron chi connectivity index (χ0n) is 8.84. The second-order valence-electron chi connectivity index (χ2n) is 3.53. The SMILES string of the molecule is Cc1ccc(C(=O)C(O)S(=O)(=O)O)cc1C. The molecule has 2 N–H and O–H groups in total. The Hall–Kier alpha value is -1.24. The van der Waals surface area contributed by atoms with Crippen LogP contribution in [0.4, 0.5) is 0 Å². The Labute approximate surface area is 93.5 Å². The number of aliphatic hydroxyl groups is 1. The Morgan fingerprint density at radius 2 is 1.81 bits per heavy atom. The molecule has 1 unspecified atom stereocenters. The van der Waals surface area contributed by atoms with Crippen LogP contribution in [0, 0.1) is 13.8 Å². The van der Waals surface area contributed by atoms with Crippen molar-refractivity contribution in [2.45, 2.75) is 19.3 Å². The van der Waals surface area contributed by atoms with Crippen LogP contribution in [0.15, 0.2) is 18.2 Å². The zero-order valence-corrected chi connectivity index (χ0v) is 9.65. The molecule has 0 saturated carbocycles. The second kappa shape index (κ2) is 4.32. The normalized spacial score (nSPS) is 13.5. The number of hydrogen-bond donors (Lipinski definition) is 2. The summed E-state index contributed by atoms with van der Waals surface area (Å²) in [4.78, 5) is 11.5. The minimum atomic E-state index is -4.77. The van der Waals surface area contributed by atoms with E-state index >= 15 is 0 Å². The highest BCUT2D eigenvalue weighted by atomic mass is 32.2. The minimum Gasteiger partial charge on any atom is -0.369 e. The van der Waals surface area contributed by atoms with E-state index in [1.165, 1.54) is 12.1 Å². The summed E-state index contributed by atoms with van der Waals surface area (Å²) in [6.45, 7) is 3.59. The monoisotopic (exact) mass is 244 g/mol. The van der Waals surface area contributed by atoms with E-state index in [-0.39, 0.29) is 5.56 Å². The fourth-order valence-electron chi connectivity index (χ4n) is 1.17. The van der Waals surface area contributed by atoms with Crippen LogP contribution >= 0.6 is 0 Å². The number of rotatable bonds is 3. The molecule has 0 spiro atoms. The Kier molecular flexibility index (Phi) is 3.47. The molecule has 6 heteroatoms. The predicted octanol–water partition coefficient (Wildman–Crippen LogP) is 0.692. The number of aryl methyl sites for hydroxylation is 2. The van der Waals surface area contributed by atoms with Gasteiger partial charge in [-0.3, -0.25) is 9.35 Å². The fourth-order valence-corrected chi connectivity index (χ4v) is 1.58. The van der Waals surface area contributed by atoms with Crippen molar-refractivity contribution in [1.82, 2.24) is 0 Å². The molecule has 88 valence electrons. The van der Waals surface area contributed by atoms with Crippen molar-refractivity contribution in [3.8, 4) is 0 Å². The van der Waals surface area contributed by atoms with E-state index in [0.29, 0.717) is 0 Å². The lowest BCUT2D eigenvalue weighted by molar-refractivity contribution is 0.0848. The van der Waals surface area contributed by atoms with Crippen molar-refractivity contribution in [2.24, 2.45) is 0 Å². The molecule has 0 fully saturated rings. The maximum absolute atomic E-state index is 11.5. The van der Waals surface area contributed by atoms with Crippen molar-refractivity contribution in [2.75, 3.05) is 0 Å².